The molecule has 6 N–H and O–H groups in total. The van der Waals surface area contributed by atoms with E-state index in [-0.39, 0.29) is 27.2 Å². The summed E-state index contributed by atoms with van der Waals surface area (Å²) in [4.78, 5) is 31.9. The molecule has 0 spiro atoms. The molecule has 0 radical (unpaired) electrons. The Morgan fingerprint density at radius 3 is 1.64 bits per heavy atom. The minimum Gasteiger partial charge on any atom is -0.693 e. The number of rotatable bonds is 2. The van der Waals surface area contributed by atoms with Crippen molar-refractivity contribution in [1.82, 2.24) is 15.0 Å². The first-order valence-electron chi connectivity index (χ1n) is 10.1. The largest absolute Gasteiger partial charge is 0.693 e. The third-order valence-corrected chi connectivity index (χ3v) is 4.32. The molecule has 5 rings (SSSR count). The number of amides is 2. The number of anilines is 2. The summed E-state index contributed by atoms with van der Waals surface area (Å²) >= 11 is 0. The number of benzene rings is 2. The van der Waals surface area contributed by atoms with Gasteiger partial charge >= 0.3 is 12.2 Å². The van der Waals surface area contributed by atoms with Gasteiger partial charge in [0.15, 0.2) is 0 Å². The molecule has 11 heteroatoms. The molecule has 0 unspecified atom stereocenters. The van der Waals surface area contributed by atoms with Crippen LogP contribution >= 0.6 is 0 Å². The number of pyridine rings is 3. The van der Waals surface area contributed by atoms with E-state index in [1.165, 1.54) is 28.6 Å². The Bertz CT molecular complexity index is 1270. The van der Waals surface area contributed by atoms with Crippen LogP contribution in [-0.4, -0.2) is 37.4 Å². The standard InChI is InChI=1S/C13H9N.2C6H6N2O2.H2N.Pt/c1-2-6-11-10(5-1)9-14-13-8-4-3-7-12(11)13;2*9-6(10)8-5-2-1-3-7-4-5;;/h1-9H;2*1-4,8H,(H,9,10);1H2;/q;;;-1;. The number of carboxylic acid groups (broad SMARTS) is 2. The first-order valence-corrected chi connectivity index (χ1v) is 10.1. The zero-order chi connectivity index (χ0) is 24.2. The summed E-state index contributed by atoms with van der Waals surface area (Å²) in [6.07, 6.45) is 5.81. The molecule has 0 aliphatic heterocycles. The Labute approximate surface area is 221 Å². The van der Waals surface area contributed by atoms with Crippen LogP contribution < -0.4 is 10.6 Å². The first kappa shape index (κ1) is 29.6. The molecular formula is C25H23N6O4Pt-. The molecule has 0 saturated carbocycles. The van der Waals surface area contributed by atoms with Crippen LogP contribution in [-0.2, 0) is 21.1 Å². The van der Waals surface area contributed by atoms with E-state index in [2.05, 4.69) is 55.9 Å². The minimum atomic E-state index is -1.08. The molecule has 2 aromatic carbocycles. The Kier molecular flexibility index (Phi) is 12.7. The maximum atomic E-state index is 10.0. The molecule has 0 fully saturated rings. The fourth-order valence-electron chi connectivity index (χ4n) is 2.93. The van der Waals surface area contributed by atoms with Crippen LogP contribution in [0.5, 0.6) is 0 Å². The molecule has 2 amide bonds. The number of nitrogens with one attached hydrogen (secondary N) is 2. The van der Waals surface area contributed by atoms with Crippen molar-refractivity contribution in [3.8, 4) is 0 Å². The molecule has 5 aromatic rings. The number of hydrogen-bond acceptors (Lipinski definition) is 5. The second kappa shape index (κ2) is 15.5. The molecular weight excluding hydrogens is 643 g/mol. The van der Waals surface area contributed by atoms with Crippen LogP contribution in [0.2, 0.25) is 0 Å². The SMILES string of the molecule is O=C(O)Nc1cccnc1.O=C(O)Nc1cccnc1.[NH2-].[Pt].c1ccc2c(c1)cnc1ccccc12. The van der Waals surface area contributed by atoms with Crippen molar-refractivity contribution in [3.63, 3.8) is 0 Å². The van der Waals surface area contributed by atoms with Crippen molar-refractivity contribution in [2.24, 2.45) is 0 Å². The van der Waals surface area contributed by atoms with Crippen molar-refractivity contribution in [1.29, 1.82) is 0 Å². The van der Waals surface area contributed by atoms with E-state index in [0.717, 1.165) is 5.52 Å². The van der Waals surface area contributed by atoms with Gasteiger partial charge in [0, 0.05) is 50.4 Å². The Balaban J connectivity index is 0.000000269. The predicted octanol–water partition coefficient (Wildman–Crippen LogP) is 6.45. The Hall–Kier alpha value is -4.40. The van der Waals surface area contributed by atoms with Gasteiger partial charge in [0.1, 0.15) is 0 Å². The molecule has 0 bridgehead atoms. The molecule has 3 heterocycles. The number of aromatic nitrogens is 3. The number of nitrogens with zero attached hydrogens (tertiary/aromatic N) is 3. The average molecular weight is 667 g/mol. The molecule has 0 aliphatic carbocycles. The van der Waals surface area contributed by atoms with E-state index in [0.29, 0.717) is 11.4 Å². The van der Waals surface area contributed by atoms with Gasteiger partial charge in [0.25, 0.3) is 0 Å². The maximum absolute atomic E-state index is 10.0. The molecule has 188 valence electrons. The smallest absolute Gasteiger partial charge is 0.409 e. The van der Waals surface area contributed by atoms with Gasteiger partial charge in [-0.05, 0) is 35.7 Å². The van der Waals surface area contributed by atoms with Crippen molar-refractivity contribution in [2.75, 3.05) is 10.6 Å². The Morgan fingerprint density at radius 2 is 1.14 bits per heavy atom. The van der Waals surface area contributed by atoms with Gasteiger partial charge in [-0.25, -0.2) is 9.59 Å². The fraction of sp³-hybridized carbons (Fsp3) is 0. The average Bonchev–Trinajstić information content (AvgIpc) is 2.85. The fourth-order valence-corrected chi connectivity index (χ4v) is 2.93. The number of hydrogen-bond donors (Lipinski definition) is 4. The van der Waals surface area contributed by atoms with Gasteiger partial charge in [0.05, 0.1) is 29.3 Å². The molecule has 0 saturated heterocycles. The summed E-state index contributed by atoms with van der Waals surface area (Å²) in [7, 11) is 0. The number of carbonyl (C=O) groups is 2. The van der Waals surface area contributed by atoms with Gasteiger partial charge in [-0.15, -0.1) is 0 Å². The third-order valence-electron chi connectivity index (χ3n) is 4.32. The number of fused-ring (bicyclic) bond motifs is 3. The van der Waals surface area contributed by atoms with Gasteiger partial charge in [-0.2, -0.15) is 0 Å². The summed E-state index contributed by atoms with van der Waals surface area (Å²) in [5.41, 5.74) is 2.02. The monoisotopic (exact) mass is 666 g/mol. The van der Waals surface area contributed by atoms with Crippen molar-refractivity contribution >= 4 is 45.2 Å². The van der Waals surface area contributed by atoms with Crippen LogP contribution in [0.4, 0.5) is 21.0 Å². The van der Waals surface area contributed by atoms with Gasteiger partial charge in [0.2, 0.25) is 0 Å². The van der Waals surface area contributed by atoms with Crippen LogP contribution in [0, 0.1) is 0 Å². The zero-order valence-electron chi connectivity index (χ0n) is 18.8. The summed E-state index contributed by atoms with van der Waals surface area (Å²) in [5.74, 6) is 0. The van der Waals surface area contributed by atoms with Gasteiger partial charge in [-0.3, -0.25) is 25.6 Å². The molecule has 0 atom stereocenters. The van der Waals surface area contributed by atoms with E-state index >= 15 is 0 Å². The van der Waals surface area contributed by atoms with E-state index in [4.69, 9.17) is 10.2 Å². The second-order valence-electron chi connectivity index (χ2n) is 6.71. The van der Waals surface area contributed by atoms with Crippen molar-refractivity contribution < 1.29 is 40.9 Å². The van der Waals surface area contributed by atoms with Crippen LogP contribution in [0.1, 0.15) is 0 Å². The molecule has 10 nitrogen and oxygen atoms in total. The van der Waals surface area contributed by atoms with Crippen molar-refractivity contribution in [2.45, 2.75) is 0 Å². The van der Waals surface area contributed by atoms with Crippen LogP contribution in [0.15, 0.2) is 104 Å². The normalized spacial score (nSPS) is 9.11. The maximum Gasteiger partial charge on any atom is 0.409 e. The summed E-state index contributed by atoms with van der Waals surface area (Å²) < 4.78 is 0. The molecule has 0 aliphatic rings. The van der Waals surface area contributed by atoms with Gasteiger partial charge in [-0.1, -0.05) is 42.5 Å². The van der Waals surface area contributed by atoms with E-state index in [1.54, 1.807) is 36.7 Å². The number of para-hydroxylation sites is 1. The second-order valence-corrected chi connectivity index (χ2v) is 6.71. The third kappa shape index (κ3) is 9.46. The topological polar surface area (TPSA) is 171 Å². The predicted molar refractivity (Wildman–Crippen MR) is 136 cm³/mol. The minimum absolute atomic E-state index is 0. The molecule has 36 heavy (non-hydrogen) atoms. The summed E-state index contributed by atoms with van der Waals surface area (Å²) in [5, 5.41) is 24.5. The van der Waals surface area contributed by atoms with E-state index in [1.807, 2.05) is 24.4 Å². The van der Waals surface area contributed by atoms with E-state index in [9.17, 15) is 9.59 Å². The first-order chi connectivity index (χ1) is 16.5. The van der Waals surface area contributed by atoms with Crippen LogP contribution in [0.3, 0.4) is 0 Å². The summed E-state index contributed by atoms with van der Waals surface area (Å²) in [6.45, 7) is 0. The molecule has 3 aromatic heterocycles. The summed E-state index contributed by atoms with van der Waals surface area (Å²) in [6, 6.07) is 23.1. The van der Waals surface area contributed by atoms with Gasteiger partial charge < -0.3 is 16.4 Å². The number of nitrogens with two attached hydrogens (primary N) is 1. The Morgan fingerprint density at radius 1 is 0.639 bits per heavy atom. The van der Waals surface area contributed by atoms with E-state index < -0.39 is 12.2 Å². The van der Waals surface area contributed by atoms with Crippen LogP contribution in [0.25, 0.3) is 27.8 Å². The zero-order valence-corrected chi connectivity index (χ0v) is 21.0. The van der Waals surface area contributed by atoms with Crippen molar-refractivity contribution in [3.05, 3.63) is 110 Å². The quantitative estimate of drug-likeness (QED) is 0.157.